The molecule has 226 valence electrons. The standard InChI is InChI=1S/C32H39N7O3S/c1-8-22-20-38(30(41)42-31(2,3)4)17-10-18-39(22)29-34-16-13-24(36-29)25(40)12-15-32(5)14-9-11-26-27(32)23(19-33)28(43-26)35-21-37(6)7/h8,13,16,21-22H,1,9-11,14,17-18,20H2,2-7H3/b35-21+/t22-,32+/m0/s1. The summed E-state index contributed by atoms with van der Waals surface area (Å²) in [4.78, 5) is 46.2. The molecule has 1 saturated heterocycles. The van der Waals surface area contributed by atoms with Crippen molar-refractivity contribution < 1.29 is 14.3 Å². The highest BCUT2D eigenvalue weighted by Gasteiger charge is 2.37. The van der Waals surface area contributed by atoms with Crippen LogP contribution in [0.4, 0.5) is 15.7 Å². The number of nitrogens with zero attached hydrogens (tertiary/aromatic N) is 7. The molecule has 0 spiro atoms. The van der Waals surface area contributed by atoms with Gasteiger partial charge in [-0.3, -0.25) is 4.79 Å². The second-order valence-corrected chi connectivity index (χ2v) is 13.3. The highest BCUT2D eigenvalue weighted by atomic mass is 32.1. The maximum atomic E-state index is 13.3. The van der Waals surface area contributed by atoms with Crippen LogP contribution in [-0.4, -0.2) is 83.4 Å². The third-order valence-electron chi connectivity index (χ3n) is 7.26. The molecule has 43 heavy (non-hydrogen) atoms. The Morgan fingerprint density at radius 3 is 2.74 bits per heavy atom. The third-order valence-corrected chi connectivity index (χ3v) is 8.41. The van der Waals surface area contributed by atoms with Crippen LogP contribution in [0.1, 0.15) is 73.4 Å². The Morgan fingerprint density at radius 2 is 2.07 bits per heavy atom. The molecule has 2 aliphatic rings. The van der Waals surface area contributed by atoms with Crippen LogP contribution in [0.3, 0.4) is 0 Å². The number of Topliss-reactive ketones (excluding diaryl/α,β-unsaturated/α-hetero) is 1. The predicted octanol–water partition coefficient (Wildman–Crippen LogP) is 5.11. The molecule has 0 N–H and O–H groups in total. The summed E-state index contributed by atoms with van der Waals surface area (Å²) < 4.78 is 5.58. The van der Waals surface area contributed by atoms with Gasteiger partial charge in [0.1, 0.15) is 22.4 Å². The molecule has 1 aliphatic heterocycles. The molecule has 2 aromatic rings. The largest absolute Gasteiger partial charge is 0.444 e. The summed E-state index contributed by atoms with van der Waals surface area (Å²) in [7, 11) is 3.76. The zero-order valence-corrected chi connectivity index (χ0v) is 26.6. The molecule has 2 atom stereocenters. The van der Waals surface area contributed by atoms with Gasteiger partial charge < -0.3 is 19.4 Å². The van der Waals surface area contributed by atoms with Gasteiger partial charge in [0.05, 0.1) is 23.4 Å². The normalized spacial score (nSPS) is 20.3. The third kappa shape index (κ3) is 7.41. The lowest BCUT2D eigenvalue weighted by Gasteiger charge is -2.30. The fourth-order valence-electron chi connectivity index (χ4n) is 5.27. The van der Waals surface area contributed by atoms with Gasteiger partial charge in [-0.25, -0.2) is 19.8 Å². The van der Waals surface area contributed by atoms with Crippen LogP contribution < -0.4 is 4.90 Å². The number of aromatic nitrogens is 2. The van der Waals surface area contributed by atoms with Crippen LogP contribution in [0.2, 0.25) is 0 Å². The van der Waals surface area contributed by atoms with Crippen LogP contribution in [0, 0.1) is 23.2 Å². The summed E-state index contributed by atoms with van der Waals surface area (Å²) in [6, 6.07) is 3.63. The van der Waals surface area contributed by atoms with Crippen molar-refractivity contribution in [2.24, 2.45) is 4.99 Å². The minimum absolute atomic E-state index is 0.190. The monoisotopic (exact) mass is 601 g/mol. The summed E-state index contributed by atoms with van der Waals surface area (Å²) in [5.41, 5.74) is 0.354. The van der Waals surface area contributed by atoms with Crippen LogP contribution in [0.15, 0.2) is 29.9 Å². The minimum Gasteiger partial charge on any atom is -0.444 e. The van der Waals surface area contributed by atoms with Gasteiger partial charge in [-0.2, -0.15) is 5.26 Å². The number of hydrogen-bond acceptors (Lipinski definition) is 9. The number of fused-ring (bicyclic) bond motifs is 1. The van der Waals surface area contributed by atoms with Crippen molar-refractivity contribution in [2.45, 2.75) is 70.4 Å². The topological polar surface area (TPSA) is 115 Å². The average molecular weight is 602 g/mol. The number of carbonyl (C=O) groups excluding carboxylic acids is 2. The highest BCUT2D eigenvalue weighted by molar-refractivity contribution is 7.16. The summed E-state index contributed by atoms with van der Waals surface area (Å²) in [6.07, 6.45) is 7.80. The van der Waals surface area contributed by atoms with E-state index in [0.29, 0.717) is 42.6 Å². The Morgan fingerprint density at radius 1 is 1.30 bits per heavy atom. The van der Waals surface area contributed by atoms with E-state index in [2.05, 4.69) is 39.4 Å². The van der Waals surface area contributed by atoms with Crippen molar-refractivity contribution in [2.75, 3.05) is 38.6 Å². The molecule has 0 saturated carbocycles. The van der Waals surface area contributed by atoms with Gasteiger partial charge in [0.15, 0.2) is 0 Å². The first-order valence-electron chi connectivity index (χ1n) is 14.4. The summed E-state index contributed by atoms with van der Waals surface area (Å²) in [5.74, 6) is 6.01. The number of nitriles is 1. The van der Waals surface area contributed by atoms with Gasteiger partial charge in [-0.05, 0) is 65.4 Å². The van der Waals surface area contributed by atoms with E-state index in [1.165, 1.54) is 11.3 Å². The van der Waals surface area contributed by atoms with Crippen LogP contribution in [0.5, 0.6) is 0 Å². The summed E-state index contributed by atoms with van der Waals surface area (Å²) in [6.45, 7) is 13.0. The lowest BCUT2D eigenvalue weighted by atomic mass is 9.73. The van der Waals surface area contributed by atoms with E-state index in [4.69, 9.17) is 4.74 Å². The molecule has 0 unspecified atom stereocenters. The Balaban J connectivity index is 1.58. The van der Waals surface area contributed by atoms with Crippen LogP contribution in [-0.2, 0) is 16.6 Å². The Bertz CT molecular complexity index is 1520. The molecule has 1 fully saturated rings. The Hall–Kier alpha value is -4.22. The fraction of sp³-hybridized carbons (Fsp3) is 0.500. The first kappa shape index (κ1) is 31.7. The highest BCUT2D eigenvalue weighted by Crippen LogP contribution is 2.47. The van der Waals surface area contributed by atoms with Crippen molar-refractivity contribution in [3.63, 3.8) is 0 Å². The molecule has 1 aliphatic carbocycles. The molecule has 4 rings (SSSR count). The van der Waals surface area contributed by atoms with E-state index in [1.54, 1.807) is 29.6 Å². The van der Waals surface area contributed by atoms with Crippen molar-refractivity contribution in [3.05, 3.63) is 46.6 Å². The van der Waals surface area contributed by atoms with Crippen molar-refractivity contribution >= 4 is 40.5 Å². The molecular weight excluding hydrogens is 562 g/mol. The molecule has 0 aromatic carbocycles. The molecular formula is C32H39N7O3S. The predicted molar refractivity (Wildman–Crippen MR) is 169 cm³/mol. The van der Waals surface area contributed by atoms with Gasteiger partial charge in [-0.1, -0.05) is 12.0 Å². The zero-order chi connectivity index (χ0) is 31.4. The summed E-state index contributed by atoms with van der Waals surface area (Å²) in [5, 5.41) is 10.7. The first-order chi connectivity index (χ1) is 20.3. The van der Waals surface area contributed by atoms with E-state index in [0.717, 1.165) is 29.7 Å². The number of hydrogen-bond donors (Lipinski definition) is 0. The number of anilines is 1. The van der Waals surface area contributed by atoms with Crippen LogP contribution >= 0.6 is 11.3 Å². The lowest BCUT2D eigenvalue weighted by Crippen LogP contribution is -2.44. The number of aryl methyl sites for hydroxylation is 1. The molecule has 11 heteroatoms. The van der Waals surface area contributed by atoms with E-state index < -0.39 is 16.8 Å². The van der Waals surface area contributed by atoms with Gasteiger partial charge in [0.25, 0.3) is 5.78 Å². The molecule has 0 radical (unpaired) electrons. The zero-order valence-electron chi connectivity index (χ0n) is 25.8. The second kappa shape index (κ2) is 13.0. The van der Waals surface area contributed by atoms with Crippen LogP contribution in [0.25, 0.3) is 0 Å². The quantitative estimate of drug-likeness (QED) is 0.116. The number of ether oxygens (including phenoxy) is 1. The van der Waals surface area contributed by atoms with Crippen molar-refractivity contribution in [3.8, 4) is 17.9 Å². The number of thiophene rings is 1. The fourth-order valence-corrected chi connectivity index (χ4v) is 6.53. The van der Waals surface area contributed by atoms with Gasteiger partial charge in [-0.15, -0.1) is 17.9 Å². The molecule has 3 heterocycles. The molecule has 10 nitrogen and oxygen atoms in total. The van der Waals surface area contributed by atoms with Crippen molar-refractivity contribution in [1.82, 2.24) is 19.8 Å². The average Bonchev–Trinajstić information content (AvgIpc) is 3.18. The maximum absolute atomic E-state index is 13.3. The van der Waals surface area contributed by atoms with E-state index in [1.807, 2.05) is 51.6 Å². The lowest BCUT2D eigenvalue weighted by molar-refractivity contribution is 0.0255. The summed E-state index contributed by atoms with van der Waals surface area (Å²) >= 11 is 1.52. The van der Waals surface area contributed by atoms with Gasteiger partial charge >= 0.3 is 6.09 Å². The molecule has 2 aromatic heterocycles. The second-order valence-electron chi connectivity index (χ2n) is 12.2. The Labute approximate surface area is 258 Å². The first-order valence-corrected chi connectivity index (χ1v) is 15.2. The molecule has 1 amide bonds. The number of aliphatic imine (C=N–C) groups is 1. The van der Waals surface area contributed by atoms with Gasteiger partial charge in [0.2, 0.25) is 5.95 Å². The molecule has 0 bridgehead atoms. The van der Waals surface area contributed by atoms with E-state index >= 15 is 0 Å². The SMILES string of the molecule is C=C[C@H]1CN(C(=O)OC(C)(C)C)CCCN1c1nccc(C(=O)C#C[C@@]2(C)CCCc3sc(/N=C/N(C)C)c(C#N)c32)n1. The maximum Gasteiger partial charge on any atom is 0.410 e. The van der Waals surface area contributed by atoms with E-state index in [9.17, 15) is 14.9 Å². The number of rotatable bonds is 5. The smallest absolute Gasteiger partial charge is 0.410 e. The number of carbonyl (C=O) groups is 2. The minimum atomic E-state index is -0.656. The number of ketones is 1. The van der Waals surface area contributed by atoms with Crippen molar-refractivity contribution in [1.29, 1.82) is 5.26 Å². The Kier molecular flexibility index (Phi) is 9.56. The van der Waals surface area contributed by atoms with E-state index in [-0.39, 0.29) is 17.8 Å². The van der Waals surface area contributed by atoms with Gasteiger partial charge in [0, 0.05) is 50.4 Å². The number of amides is 1.